The van der Waals surface area contributed by atoms with E-state index < -0.39 is 6.61 Å². The Hall–Kier alpha value is -3.76. The number of ether oxygens (including phenoxy) is 2. The van der Waals surface area contributed by atoms with Gasteiger partial charge in [-0.05, 0) is 37.3 Å². The highest BCUT2D eigenvalue weighted by molar-refractivity contribution is 5.79. The first kappa shape index (κ1) is 22.9. The van der Waals surface area contributed by atoms with Gasteiger partial charge in [0.05, 0.1) is 13.7 Å². The van der Waals surface area contributed by atoms with Crippen LogP contribution < -0.4 is 20.1 Å². The Labute approximate surface area is 183 Å². The van der Waals surface area contributed by atoms with E-state index in [1.165, 1.54) is 13.2 Å². The number of guanidine groups is 1. The van der Waals surface area contributed by atoms with Crippen LogP contribution in [0, 0.1) is 0 Å². The fourth-order valence-electron chi connectivity index (χ4n) is 2.76. The SMILES string of the molecule is CCNC(=NCc1cc(OC)ccc1OC(F)F)NCCc1noc(-c2ccccn2)n1. The molecule has 0 radical (unpaired) electrons. The second kappa shape index (κ2) is 11.6. The molecule has 0 saturated heterocycles. The first-order valence-electron chi connectivity index (χ1n) is 9.97. The van der Waals surface area contributed by atoms with Gasteiger partial charge >= 0.3 is 6.61 Å². The molecule has 0 atom stereocenters. The molecule has 0 aliphatic heterocycles. The standard InChI is InChI=1S/C21H24F2N6O3/c1-3-24-21(27-13-14-12-15(30-2)7-8-17(14)31-20(22)23)26-11-9-18-28-19(32-29-18)16-6-4-5-10-25-16/h4-8,10,12,20H,3,9,11,13H2,1-2H3,(H2,24,26,27). The molecule has 0 amide bonds. The van der Waals surface area contributed by atoms with Crippen LogP contribution in [-0.2, 0) is 13.0 Å². The minimum Gasteiger partial charge on any atom is -0.497 e. The van der Waals surface area contributed by atoms with E-state index in [-0.39, 0.29) is 12.3 Å². The third kappa shape index (κ3) is 6.62. The summed E-state index contributed by atoms with van der Waals surface area (Å²) in [6.07, 6.45) is 2.14. The summed E-state index contributed by atoms with van der Waals surface area (Å²) in [5.41, 5.74) is 1.08. The molecule has 0 aliphatic rings. The molecule has 1 aromatic carbocycles. The molecule has 9 nitrogen and oxygen atoms in total. The summed E-state index contributed by atoms with van der Waals surface area (Å²) in [4.78, 5) is 13.0. The molecular weight excluding hydrogens is 422 g/mol. The Morgan fingerprint density at radius 3 is 2.81 bits per heavy atom. The van der Waals surface area contributed by atoms with E-state index in [4.69, 9.17) is 9.26 Å². The lowest BCUT2D eigenvalue weighted by molar-refractivity contribution is -0.0504. The van der Waals surface area contributed by atoms with Crippen LogP contribution in [0.5, 0.6) is 11.5 Å². The van der Waals surface area contributed by atoms with Gasteiger partial charge in [-0.3, -0.25) is 4.98 Å². The molecule has 3 aromatic rings. The lowest BCUT2D eigenvalue weighted by atomic mass is 10.2. The van der Waals surface area contributed by atoms with Crippen molar-refractivity contribution < 1.29 is 22.8 Å². The highest BCUT2D eigenvalue weighted by Crippen LogP contribution is 2.26. The maximum absolute atomic E-state index is 12.7. The van der Waals surface area contributed by atoms with Crippen LogP contribution in [0.2, 0.25) is 0 Å². The Kier molecular flexibility index (Phi) is 8.29. The van der Waals surface area contributed by atoms with Crippen LogP contribution >= 0.6 is 0 Å². The summed E-state index contributed by atoms with van der Waals surface area (Å²) in [5.74, 6) is 1.96. The molecule has 2 N–H and O–H groups in total. The quantitative estimate of drug-likeness (QED) is 0.362. The van der Waals surface area contributed by atoms with Gasteiger partial charge in [-0.2, -0.15) is 13.8 Å². The first-order valence-corrected chi connectivity index (χ1v) is 9.97. The van der Waals surface area contributed by atoms with Crippen molar-refractivity contribution in [3.05, 3.63) is 54.0 Å². The second-order valence-corrected chi connectivity index (χ2v) is 6.45. The van der Waals surface area contributed by atoms with Gasteiger partial charge in [0.1, 0.15) is 17.2 Å². The molecule has 2 heterocycles. The number of methoxy groups -OCH3 is 1. The number of aliphatic imine (C=N–C) groups is 1. The van der Waals surface area contributed by atoms with Gasteiger partial charge in [-0.25, -0.2) is 4.99 Å². The van der Waals surface area contributed by atoms with Crippen LogP contribution in [0.1, 0.15) is 18.3 Å². The summed E-state index contributed by atoms with van der Waals surface area (Å²) in [5, 5.41) is 10.2. The van der Waals surface area contributed by atoms with Crippen molar-refractivity contribution in [2.24, 2.45) is 4.99 Å². The van der Waals surface area contributed by atoms with Gasteiger partial charge < -0.3 is 24.6 Å². The summed E-state index contributed by atoms with van der Waals surface area (Å²) in [6.45, 7) is 0.206. The van der Waals surface area contributed by atoms with Crippen molar-refractivity contribution in [2.75, 3.05) is 20.2 Å². The Balaban J connectivity index is 1.61. The zero-order valence-electron chi connectivity index (χ0n) is 17.7. The van der Waals surface area contributed by atoms with E-state index in [2.05, 4.69) is 35.5 Å². The number of nitrogens with zero attached hydrogens (tertiary/aromatic N) is 4. The predicted molar refractivity (Wildman–Crippen MR) is 114 cm³/mol. The number of nitrogens with one attached hydrogen (secondary N) is 2. The lowest BCUT2D eigenvalue weighted by Gasteiger charge is -2.13. The highest BCUT2D eigenvalue weighted by atomic mass is 19.3. The summed E-state index contributed by atoms with van der Waals surface area (Å²) >= 11 is 0. The number of halogens is 2. The topological polar surface area (TPSA) is 107 Å². The van der Waals surface area contributed by atoms with E-state index in [0.29, 0.717) is 54.2 Å². The second-order valence-electron chi connectivity index (χ2n) is 6.45. The molecule has 170 valence electrons. The molecule has 3 rings (SSSR count). The van der Waals surface area contributed by atoms with Gasteiger partial charge in [0.25, 0.3) is 5.89 Å². The maximum Gasteiger partial charge on any atom is 0.387 e. The molecule has 32 heavy (non-hydrogen) atoms. The molecule has 0 unspecified atom stereocenters. The largest absolute Gasteiger partial charge is 0.497 e. The van der Waals surface area contributed by atoms with Gasteiger partial charge in [0.2, 0.25) is 0 Å². The van der Waals surface area contributed by atoms with Gasteiger partial charge in [-0.1, -0.05) is 11.2 Å². The molecular formula is C21H24F2N6O3. The van der Waals surface area contributed by atoms with Crippen LogP contribution in [0.3, 0.4) is 0 Å². The third-order valence-electron chi connectivity index (χ3n) is 4.23. The first-order chi connectivity index (χ1) is 15.6. The van der Waals surface area contributed by atoms with Crippen molar-refractivity contribution in [1.29, 1.82) is 0 Å². The van der Waals surface area contributed by atoms with E-state index in [1.807, 2.05) is 13.0 Å². The number of pyridine rings is 1. The predicted octanol–water partition coefficient (Wildman–Crippen LogP) is 3.04. The lowest BCUT2D eigenvalue weighted by Crippen LogP contribution is -2.38. The van der Waals surface area contributed by atoms with Crippen molar-refractivity contribution in [3.8, 4) is 23.1 Å². The monoisotopic (exact) mass is 446 g/mol. The zero-order chi connectivity index (χ0) is 22.8. The van der Waals surface area contributed by atoms with Crippen molar-refractivity contribution in [1.82, 2.24) is 25.8 Å². The molecule has 0 saturated carbocycles. The van der Waals surface area contributed by atoms with Gasteiger partial charge in [-0.15, -0.1) is 0 Å². The van der Waals surface area contributed by atoms with E-state index in [9.17, 15) is 8.78 Å². The van der Waals surface area contributed by atoms with E-state index in [0.717, 1.165) is 0 Å². The minimum absolute atomic E-state index is 0.0502. The Bertz CT molecular complexity index is 1010. The molecule has 2 aromatic heterocycles. The summed E-state index contributed by atoms with van der Waals surface area (Å²) in [6, 6.07) is 10.0. The van der Waals surface area contributed by atoms with E-state index >= 15 is 0 Å². The van der Waals surface area contributed by atoms with Crippen molar-refractivity contribution in [2.45, 2.75) is 26.5 Å². The Morgan fingerprint density at radius 1 is 1.22 bits per heavy atom. The fourth-order valence-corrected chi connectivity index (χ4v) is 2.76. The minimum atomic E-state index is -2.93. The smallest absolute Gasteiger partial charge is 0.387 e. The number of rotatable bonds is 10. The summed E-state index contributed by atoms with van der Waals surface area (Å²) < 4.78 is 40.4. The number of hydrogen-bond acceptors (Lipinski definition) is 7. The van der Waals surface area contributed by atoms with Gasteiger partial charge in [0.15, 0.2) is 11.8 Å². The van der Waals surface area contributed by atoms with E-state index in [1.54, 1.807) is 30.5 Å². The number of hydrogen-bond donors (Lipinski definition) is 2. The highest BCUT2D eigenvalue weighted by Gasteiger charge is 2.12. The number of aromatic nitrogens is 3. The van der Waals surface area contributed by atoms with Crippen LogP contribution in [-0.4, -0.2) is 47.9 Å². The fraction of sp³-hybridized carbons (Fsp3) is 0.333. The number of benzene rings is 1. The molecule has 0 spiro atoms. The average Bonchev–Trinajstić information content (AvgIpc) is 3.27. The van der Waals surface area contributed by atoms with Crippen LogP contribution in [0.4, 0.5) is 8.78 Å². The summed E-state index contributed by atoms with van der Waals surface area (Å²) in [7, 11) is 1.50. The molecule has 0 bridgehead atoms. The number of alkyl halides is 2. The molecule has 0 fully saturated rings. The van der Waals surface area contributed by atoms with Gasteiger partial charge in [0, 0.05) is 31.3 Å². The maximum atomic E-state index is 12.7. The average molecular weight is 446 g/mol. The van der Waals surface area contributed by atoms with Crippen LogP contribution in [0.15, 0.2) is 52.1 Å². The third-order valence-corrected chi connectivity index (χ3v) is 4.23. The van der Waals surface area contributed by atoms with Crippen LogP contribution in [0.25, 0.3) is 11.6 Å². The Morgan fingerprint density at radius 2 is 2.09 bits per heavy atom. The molecule has 0 aliphatic carbocycles. The molecule has 11 heteroatoms. The normalized spacial score (nSPS) is 11.5. The zero-order valence-corrected chi connectivity index (χ0v) is 17.7. The van der Waals surface area contributed by atoms with Crippen molar-refractivity contribution >= 4 is 5.96 Å². The van der Waals surface area contributed by atoms with Crippen molar-refractivity contribution in [3.63, 3.8) is 0 Å².